The fraction of sp³-hybridized carbons (Fsp3) is 0.571. The molecule has 1 aromatic rings. The van der Waals surface area contributed by atoms with E-state index in [1.54, 1.807) is 11.8 Å². The van der Waals surface area contributed by atoms with E-state index in [4.69, 9.17) is 23.2 Å². The predicted molar refractivity (Wildman–Crippen MR) is 86.6 cm³/mol. The molecular weight excluding hydrogens is 331 g/mol. The van der Waals surface area contributed by atoms with Gasteiger partial charge in [0.1, 0.15) is 0 Å². The molecule has 2 saturated heterocycles. The lowest BCUT2D eigenvalue weighted by Gasteiger charge is -2.36. The standard InChI is InChI=1S/C14H16Cl2N2O2S/c1-17-8-2-3-9(17)5-11(4-8)21-14-12(15)6-10(18(19)20)7-13(14)16/h6-9,11H,2-5H2,1H3/t8-,9+,11?. The number of nitro benzene ring substituents is 1. The van der Waals surface area contributed by atoms with Crippen LogP contribution in [0.1, 0.15) is 25.7 Å². The van der Waals surface area contributed by atoms with Crippen molar-refractivity contribution < 1.29 is 4.92 Å². The molecule has 0 radical (unpaired) electrons. The van der Waals surface area contributed by atoms with E-state index in [-0.39, 0.29) is 5.69 Å². The fourth-order valence-corrected chi connectivity index (χ4v) is 5.44. The minimum absolute atomic E-state index is 0.0576. The topological polar surface area (TPSA) is 46.4 Å². The molecule has 2 bridgehead atoms. The van der Waals surface area contributed by atoms with E-state index in [9.17, 15) is 10.1 Å². The Hall–Kier alpha value is -0.490. The van der Waals surface area contributed by atoms with E-state index in [2.05, 4.69) is 11.9 Å². The first kappa shape index (κ1) is 15.4. The third-order valence-corrected chi connectivity index (χ3v) is 6.75. The van der Waals surface area contributed by atoms with Crippen LogP contribution in [0.4, 0.5) is 5.69 Å². The monoisotopic (exact) mass is 346 g/mol. The lowest BCUT2D eigenvalue weighted by Crippen LogP contribution is -2.40. The Balaban J connectivity index is 1.78. The molecule has 0 N–H and O–H groups in total. The van der Waals surface area contributed by atoms with Crippen molar-refractivity contribution >= 4 is 40.7 Å². The molecule has 7 heteroatoms. The van der Waals surface area contributed by atoms with Crippen LogP contribution in [0.2, 0.25) is 10.0 Å². The van der Waals surface area contributed by atoms with Crippen LogP contribution in [0, 0.1) is 10.1 Å². The molecule has 0 aromatic heterocycles. The average molecular weight is 347 g/mol. The summed E-state index contributed by atoms with van der Waals surface area (Å²) in [4.78, 5) is 13.6. The van der Waals surface area contributed by atoms with Gasteiger partial charge < -0.3 is 4.90 Å². The minimum atomic E-state index is -0.470. The van der Waals surface area contributed by atoms with Gasteiger partial charge in [0.05, 0.1) is 15.0 Å². The first-order chi connectivity index (χ1) is 9.95. The zero-order valence-electron chi connectivity index (χ0n) is 11.6. The Kier molecular flexibility index (Phi) is 4.37. The summed E-state index contributed by atoms with van der Waals surface area (Å²) in [5.41, 5.74) is -0.0576. The van der Waals surface area contributed by atoms with Gasteiger partial charge >= 0.3 is 0 Å². The van der Waals surface area contributed by atoms with Crippen LogP contribution < -0.4 is 0 Å². The molecule has 3 rings (SSSR count). The van der Waals surface area contributed by atoms with Crippen LogP contribution in [0.25, 0.3) is 0 Å². The van der Waals surface area contributed by atoms with E-state index in [1.807, 2.05) is 0 Å². The fourth-order valence-electron chi connectivity index (χ4n) is 3.39. The molecule has 21 heavy (non-hydrogen) atoms. The average Bonchev–Trinajstić information content (AvgIpc) is 2.64. The van der Waals surface area contributed by atoms with Crippen molar-refractivity contribution in [2.24, 2.45) is 0 Å². The van der Waals surface area contributed by atoms with Gasteiger partial charge in [-0.25, -0.2) is 0 Å². The SMILES string of the molecule is CN1[C@@H]2CC[C@H]1CC(Sc1c(Cl)cc([N+](=O)[O-])cc1Cl)C2. The van der Waals surface area contributed by atoms with Gasteiger partial charge in [0.2, 0.25) is 0 Å². The maximum atomic E-state index is 10.8. The largest absolute Gasteiger partial charge is 0.300 e. The smallest absolute Gasteiger partial charge is 0.272 e. The van der Waals surface area contributed by atoms with Crippen LogP contribution in [-0.4, -0.2) is 34.2 Å². The molecule has 114 valence electrons. The summed E-state index contributed by atoms with van der Waals surface area (Å²) >= 11 is 14.1. The highest BCUT2D eigenvalue weighted by molar-refractivity contribution is 8.00. The van der Waals surface area contributed by atoms with Crippen molar-refractivity contribution in [3.8, 4) is 0 Å². The molecule has 3 atom stereocenters. The molecule has 4 nitrogen and oxygen atoms in total. The van der Waals surface area contributed by atoms with Gasteiger partial charge in [0, 0.05) is 34.4 Å². The second-order valence-electron chi connectivity index (χ2n) is 5.76. The number of benzene rings is 1. The van der Waals surface area contributed by atoms with Crippen molar-refractivity contribution in [3.63, 3.8) is 0 Å². The van der Waals surface area contributed by atoms with E-state index in [0.717, 1.165) is 17.7 Å². The number of fused-ring (bicyclic) bond motifs is 2. The number of thioether (sulfide) groups is 1. The Labute approximate surface area is 137 Å². The lowest BCUT2D eigenvalue weighted by atomic mass is 10.0. The molecular formula is C14H16Cl2N2O2S. The lowest BCUT2D eigenvalue weighted by molar-refractivity contribution is -0.384. The summed E-state index contributed by atoms with van der Waals surface area (Å²) in [6.07, 6.45) is 4.78. The van der Waals surface area contributed by atoms with Crippen LogP contribution in [0.5, 0.6) is 0 Å². The Morgan fingerprint density at radius 3 is 2.24 bits per heavy atom. The van der Waals surface area contributed by atoms with Gasteiger partial charge in [-0.1, -0.05) is 23.2 Å². The second kappa shape index (κ2) is 5.95. The number of nitrogens with zero attached hydrogens (tertiary/aromatic N) is 2. The Morgan fingerprint density at radius 1 is 1.24 bits per heavy atom. The highest BCUT2D eigenvalue weighted by atomic mass is 35.5. The number of halogens is 2. The van der Waals surface area contributed by atoms with E-state index >= 15 is 0 Å². The Bertz CT molecular complexity index is 547. The molecule has 0 amide bonds. The molecule has 1 unspecified atom stereocenters. The van der Waals surface area contributed by atoms with Crippen molar-refractivity contribution in [2.75, 3.05) is 7.05 Å². The van der Waals surface area contributed by atoms with E-state index < -0.39 is 4.92 Å². The Morgan fingerprint density at radius 2 is 1.76 bits per heavy atom. The van der Waals surface area contributed by atoms with Crippen molar-refractivity contribution in [1.29, 1.82) is 0 Å². The number of hydrogen-bond donors (Lipinski definition) is 0. The van der Waals surface area contributed by atoms with Crippen LogP contribution in [-0.2, 0) is 0 Å². The van der Waals surface area contributed by atoms with E-state index in [0.29, 0.717) is 27.4 Å². The number of nitro groups is 1. The maximum Gasteiger partial charge on any atom is 0.272 e. The molecule has 0 aliphatic carbocycles. The van der Waals surface area contributed by atoms with Gasteiger partial charge in [-0.15, -0.1) is 11.8 Å². The van der Waals surface area contributed by atoms with Gasteiger partial charge in [-0.05, 0) is 32.7 Å². The molecule has 0 saturated carbocycles. The van der Waals surface area contributed by atoms with Gasteiger partial charge in [0.25, 0.3) is 5.69 Å². The van der Waals surface area contributed by atoms with Crippen molar-refractivity contribution in [3.05, 3.63) is 32.3 Å². The van der Waals surface area contributed by atoms with Crippen molar-refractivity contribution in [1.82, 2.24) is 4.90 Å². The van der Waals surface area contributed by atoms with E-state index in [1.165, 1.54) is 25.0 Å². The summed E-state index contributed by atoms with van der Waals surface area (Å²) in [6, 6.07) is 4.08. The summed E-state index contributed by atoms with van der Waals surface area (Å²) in [7, 11) is 2.20. The third-order valence-electron chi connectivity index (χ3n) is 4.53. The molecule has 0 spiro atoms. The number of non-ortho nitro benzene ring substituents is 1. The van der Waals surface area contributed by atoms with Crippen molar-refractivity contribution in [2.45, 2.75) is 47.9 Å². The minimum Gasteiger partial charge on any atom is -0.300 e. The summed E-state index contributed by atoms with van der Waals surface area (Å²) in [6.45, 7) is 0. The number of hydrogen-bond acceptors (Lipinski definition) is 4. The highest BCUT2D eigenvalue weighted by Crippen LogP contribution is 2.45. The first-order valence-corrected chi connectivity index (χ1v) is 8.61. The zero-order chi connectivity index (χ0) is 15.1. The summed E-state index contributed by atoms with van der Waals surface area (Å²) in [5, 5.41) is 12.1. The molecule has 1 aromatic carbocycles. The number of rotatable bonds is 3. The van der Waals surface area contributed by atoms with Gasteiger partial charge in [-0.2, -0.15) is 0 Å². The normalized spacial score (nSPS) is 28.8. The van der Waals surface area contributed by atoms with Crippen LogP contribution in [0.15, 0.2) is 17.0 Å². The zero-order valence-corrected chi connectivity index (χ0v) is 13.9. The summed E-state index contributed by atoms with van der Waals surface area (Å²) in [5.74, 6) is 0. The summed E-state index contributed by atoms with van der Waals surface area (Å²) < 4.78 is 0. The predicted octanol–water partition coefficient (Wildman–Crippen LogP) is 4.62. The first-order valence-electron chi connectivity index (χ1n) is 6.97. The molecule has 2 heterocycles. The third kappa shape index (κ3) is 3.02. The second-order valence-corrected chi connectivity index (χ2v) is 7.88. The maximum absolute atomic E-state index is 10.8. The number of piperidine rings is 1. The molecule has 2 aliphatic rings. The van der Waals surface area contributed by atoms with Gasteiger partial charge in [0.15, 0.2) is 0 Å². The highest BCUT2D eigenvalue weighted by Gasteiger charge is 2.39. The molecule has 2 aliphatic heterocycles. The van der Waals surface area contributed by atoms with Crippen LogP contribution in [0.3, 0.4) is 0 Å². The van der Waals surface area contributed by atoms with Crippen LogP contribution >= 0.6 is 35.0 Å². The quantitative estimate of drug-likeness (QED) is 0.591. The van der Waals surface area contributed by atoms with Gasteiger partial charge in [-0.3, -0.25) is 10.1 Å². The molecule has 2 fully saturated rings.